The van der Waals surface area contributed by atoms with E-state index in [-0.39, 0.29) is 11.7 Å². The molecule has 1 aliphatic heterocycles. The van der Waals surface area contributed by atoms with E-state index in [9.17, 15) is 9.18 Å². The molecule has 22 heavy (non-hydrogen) atoms. The number of nitrogens with one attached hydrogen (secondary N) is 2. The zero-order chi connectivity index (χ0) is 15.4. The van der Waals surface area contributed by atoms with Crippen LogP contribution in [-0.4, -0.2) is 37.0 Å². The topological polar surface area (TPSA) is 38.9 Å². The molecule has 0 aliphatic carbocycles. The fourth-order valence-electron chi connectivity index (χ4n) is 2.79. The number of benzene rings is 1. The van der Waals surface area contributed by atoms with Gasteiger partial charge in [0.15, 0.2) is 12.7 Å². The van der Waals surface area contributed by atoms with Gasteiger partial charge in [0.25, 0.3) is 5.91 Å². The summed E-state index contributed by atoms with van der Waals surface area (Å²) in [5.74, 6) is -0.324. The van der Waals surface area contributed by atoms with Gasteiger partial charge < -0.3 is 9.80 Å². The van der Waals surface area contributed by atoms with Crippen LogP contribution in [0.15, 0.2) is 48.7 Å². The Kier molecular flexibility index (Phi) is 4.44. The number of carbonyl (C=O) groups is 1. The average Bonchev–Trinajstić information content (AvgIpc) is 2.57. The smallest absolute Gasteiger partial charge is 0.254 e. The minimum absolute atomic E-state index is 0.00896. The molecule has 3 rings (SSSR count). The first-order valence-electron chi connectivity index (χ1n) is 7.56. The Morgan fingerprint density at radius 1 is 1.14 bits per heavy atom. The van der Waals surface area contributed by atoms with Crippen LogP contribution in [0.1, 0.15) is 16.1 Å². The van der Waals surface area contributed by atoms with E-state index >= 15 is 0 Å². The van der Waals surface area contributed by atoms with Gasteiger partial charge in [-0.25, -0.2) is 9.37 Å². The summed E-state index contributed by atoms with van der Waals surface area (Å²) in [4.78, 5) is 18.9. The van der Waals surface area contributed by atoms with Crippen molar-refractivity contribution in [3.05, 3.63) is 65.7 Å². The first-order chi connectivity index (χ1) is 10.7. The van der Waals surface area contributed by atoms with Crippen molar-refractivity contribution in [3.63, 3.8) is 0 Å². The standard InChI is InChI=1S/C17H18FN3O/c18-15-6-4-14(5-7-15)17(22)21-11-9-20(10-12-21)13-16-3-1-2-8-19-16/h1-8H,9-13H2/p+2. The summed E-state index contributed by atoms with van der Waals surface area (Å²) in [5.41, 5.74) is 1.76. The molecule has 1 aliphatic rings. The average molecular weight is 301 g/mol. The Morgan fingerprint density at radius 3 is 2.50 bits per heavy atom. The lowest BCUT2D eigenvalue weighted by Crippen LogP contribution is -3.13. The van der Waals surface area contributed by atoms with Gasteiger partial charge >= 0.3 is 0 Å². The van der Waals surface area contributed by atoms with Crippen molar-refractivity contribution in [2.75, 3.05) is 26.2 Å². The quantitative estimate of drug-likeness (QED) is 0.863. The van der Waals surface area contributed by atoms with E-state index in [1.807, 2.05) is 23.2 Å². The third-order valence-corrected chi connectivity index (χ3v) is 4.06. The number of H-pyrrole nitrogens is 1. The molecule has 2 heterocycles. The van der Waals surface area contributed by atoms with Crippen molar-refractivity contribution in [2.24, 2.45) is 0 Å². The Hall–Kier alpha value is -2.27. The number of nitrogens with zero attached hydrogens (tertiary/aromatic N) is 1. The highest BCUT2D eigenvalue weighted by atomic mass is 19.1. The predicted molar refractivity (Wildman–Crippen MR) is 79.7 cm³/mol. The molecule has 0 unspecified atom stereocenters. The number of hydrogen-bond donors (Lipinski definition) is 1. The van der Waals surface area contributed by atoms with Crippen molar-refractivity contribution < 1.29 is 19.1 Å². The number of amides is 1. The molecule has 5 heteroatoms. The lowest BCUT2D eigenvalue weighted by molar-refractivity contribution is -0.921. The van der Waals surface area contributed by atoms with Gasteiger partial charge in [0, 0.05) is 17.7 Å². The minimum Gasteiger partial charge on any atom is -0.327 e. The molecule has 0 bridgehead atoms. The van der Waals surface area contributed by atoms with Gasteiger partial charge in [-0.05, 0) is 30.3 Å². The maximum atomic E-state index is 12.9. The Balaban J connectivity index is 1.55. The van der Waals surface area contributed by atoms with Crippen molar-refractivity contribution in [1.29, 1.82) is 0 Å². The van der Waals surface area contributed by atoms with Crippen molar-refractivity contribution in [1.82, 2.24) is 4.90 Å². The number of pyridine rings is 1. The molecule has 0 spiro atoms. The van der Waals surface area contributed by atoms with Crippen molar-refractivity contribution in [3.8, 4) is 0 Å². The van der Waals surface area contributed by atoms with E-state index in [0.717, 1.165) is 32.7 Å². The molecule has 0 atom stereocenters. The lowest BCUT2D eigenvalue weighted by Gasteiger charge is -2.31. The number of halogens is 1. The summed E-state index contributed by atoms with van der Waals surface area (Å²) < 4.78 is 12.9. The summed E-state index contributed by atoms with van der Waals surface area (Å²) in [6.45, 7) is 4.27. The predicted octanol–water partition coefficient (Wildman–Crippen LogP) is 0.181. The minimum atomic E-state index is -0.315. The van der Waals surface area contributed by atoms with Crippen LogP contribution >= 0.6 is 0 Å². The number of carbonyl (C=O) groups excluding carboxylic acids is 1. The zero-order valence-electron chi connectivity index (χ0n) is 12.4. The van der Waals surface area contributed by atoms with E-state index < -0.39 is 0 Å². The second-order valence-corrected chi connectivity index (χ2v) is 5.61. The molecule has 4 nitrogen and oxygen atoms in total. The fraction of sp³-hybridized carbons (Fsp3) is 0.294. The molecular weight excluding hydrogens is 281 g/mol. The van der Waals surface area contributed by atoms with Gasteiger partial charge in [-0.15, -0.1) is 0 Å². The lowest BCUT2D eigenvalue weighted by atomic mass is 10.1. The van der Waals surface area contributed by atoms with Crippen LogP contribution in [0.4, 0.5) is 4.39 Å². The first-order valence-corrected chi connectivity index (χ1v) is 7.56. The second kappa shape index (κ2) is 6.66. The normalized spacial score (nSPS) is 15.8. The van der Waals surface area contributed by atoms with Gasteiger partial charge in [-0.2, -0.15) is 0 Å². The van der Waals surface area contributed by atoms with Gasteiger partial charge in [0.1, 0.15) is 5.82 Å². The van der Waals surface area contributed by atoms with E-state index in [1.54, 1.807) is 12.1 Å². The maximum Gasteiger partial charge on any atom is 0.254 e. The van der Waals surface area contributed by atoms with E-state index in [2.05, 4.69) is 11.1 Å². The number of piperazine rings is 1. The van der Waals surface area contributed by atoms with Crippen LogP contribution in [0.2, 0.25) is 0 Å². The second-order valence-electron chi connectivity index (χ2n) is 5.61. The third-order valence-electron chi connectivity index (χ3n) is 4.06. The molecule has 1 fully saturated rings. The Morgan fingerprint density at radius 2 is 1.86 bits per heavy atom. The number of hydrogen-bond acceptors (Lipinski definition) is 1. The molecule has 2 aromatic rings. The van der Waals surface area contributed by atoms with Crippen LogP contribution in [-0.2, 0) is 6.54 Å². The van der Waals surface area contributed by atoms with Crippen LogP contribution in [0, 0.1) is 5.82 Å². The highest BCUT2D eigenvalue weighted by Gasteiger charge is 2.25. The SMILES string of the molecule is O=C(c1ccc(F)cc1)N1CC[NH+](Cc2cccc[nH+]2)CC1. The van der Waals surface area contributed by atoms with Gasteiger partial charge in [0.05, 0.1) is 26.2 Å². The highest BCUT2D eigenvalue weighted by Crippen LogP contribution is 2.07. The van der Waals surface area contributed by atoms with Crippen LogP contribution < -0.4 is 9.88 Å². The summed E-state index contributed by atoms with van der Waals surface area (Å²) in [5, 5.41) is 0. The van der Waals surface area contributed by atoms with Gasteiger partial charge in [0.2, 0.25) is 5.69 Å². The summed E-state index contributed by atoms with van der Waals surface area (Å²) in [7, 11) is 0. The molecule has 1 saturated heterocycles. The van der Waals surface area contributed by atoms with Crippen LogP contribution in [0.25, 0.3) is 0 Å². The molecule has 1 amide bonds. The fourth-order valence-corrected chi connectivity index (χ4v) is 2.79. The number of rotatable bonds is 3. The highest BCUT2D eigenvalue weighted by molar-refractivity contribution is 5.94. The number of aromatic amines is 1. The first kappa shape index (κ1) is 14.7. The number of quaternary nitrogens is 1. The zero-order valence-corrected chi connectivity index (χ0v) is 12.4. The largest absolute Gasteiger partial charge is 0.327 e. The third kappa shape index (κ3) is 3.49. The molecule has 0 saturated carbocycles. The molecule has 1 aromatic heterocycles. The summed E-state index contributed by atoms with van der Waals surface area (Å²) in [6, 6.07) is 11.9. The van der Waals surface area contributed by atoms with Crippen molar-refractivity contribution in [2.45, 2.75) is 6.54 Å². The Bertz CT molecular complexity index is 622. The molecule has 2 N–H and O–H groups in total. The summed E-state index contributed by atoms with van der Waals surface area (Å²) >= 11 is 0. The molecule has 114 valence electrons. The van der Waals surface area contributed by atoms with E-state index in [4.69, 9.17) is 0 Å². The van der Waals surface area contributed by atoms with Crippen molar-refractivity contribution >= 4 is 5.91 Å². The maximum absolute atomic E-state index is 12.9. The van der Waals surface area contributed by atoms with Gasteiger partial charge in [-0.3, -0.25) is 4.79 Å². The van der Waals surface area contributed by atoms with Crippen LogP contribution in [0.3, 0.4) is 0 Å². The molecule has 1 aromatic carbocycles. The number of aromatic nitrogens is 1. The monoisotopic (exact) mass is 301 g/mol. The Labute approximate surface area is 129 Å². The van der Waals surface area contributed by atoms with E-state index in [0.29, 0.717) is 5.56 Å². The molecular formula is C17H20FN3O+2. The molecule has 0 radical (unpaired) electrons. The van der Waals surface area contributed by atoms with Crippen LogP contribution in [0.5, 0.6) is 0 Å². The van der Waals surface area contributed by atoms with E-state index in [1.165, 1.54) is 22.7 Å². The summed E-state index contributed by atoms with van der Waals surface area (Å²) in [6.07, 6.45) is 1.93. The van der Waals surface area contributed by atoms with Gasteiger partial charge in [-0.1, -0.05) is 0 Å².